The van der Waals surface area contributed by atoms with E-state index in [4.69, 9.17) is 4.74 Å². The van der Waals surface area contributed by atoms with Gasteiger partial charge in [0.15, 0.2) is 0 Å². The molecule has 4 nitrogen and oxygen atoms in total. The number of likely N-dealkylation sites (tertiary alicyclic amines) is 1. The topological polar surface area (TPSA) is 23.0 Å². The second kappa shape index (κ2) is 8.33. The highest BCUT2D eigenvalue weighted by atomic mass is 16.5. The van der Waals surface area contributed by atoms with Crippen molar-refractivity contribution in [3.05, 3.63) is 48.0 Å². The molecule has 0 saturated carbocycles. The van der Waals surface area contributed by atoms with Gasteiger partial charge in [0.2, 0.25) is 0 Å². The highest BCUT2D eigenvalue weighted by Gasteiger charge is 2.35. The van der Waals surface area contributed by atoms with Crippen molar-refractivity contribution in [1.29, 1.82) is 0 Å². The third-order valence-electron chi connectivity index (χ3n) is 7.44. The molecule has 0 aliphatic carbocycles. The Morgan fingerprint density at radius 2 is 1.63 bits per heavy atom. The first-order valence-electron chi connectivity index (χ1n) is 12.0. The van der Waals surface area contributed by atoms with Gasteiger partial charge >= 0.3 is 0 Å². The maximum atomic E-state index is 5.96. The number of para-hydroxylation sites is 1. The molecule has 0 spiro atoms. The molecule has 2 aromatic carbocycles. The van der Waals surface area contributed by atoms with Crippen LogP contribution in [-0.4, -0.2) is 49.0 Å². The fraction of sp³-hybridized carbons (Fsp3) is 0.538. The van der Waals surface area contributed by atoms with Crippen LogP contribution in [0.3, 0.4) is 0 Å². The molecule has 160 valence electrons. The Bertz CT molecular complexity index is 1010. The highest BCUT2D eigenvalue weighted by Crippen LogP contribution is 2.29. The molecule has 1 aromatic heterocycles. The third kappa shape index (κ3) is 3.77. The zero-order valence-electron chi connectivity index (χ0n) is 18.8. The van der Waals surface area contributed by atoms with Crippen molar-refractivity contribution in [3.63, 3.8) is 0 Å². The third-order valence-corrected chi connectivity index (χ3v) is 7.44. The van der Waals surface area contributed by atoms with Gasteiger partial charge in [-0.1, -0.05) is 24.3 Å². The summed E-state index contributed by atoms with van der Waals surface area (Å²) in [5, 5.41) is 2.81. The predicted octanol–water partition coefficient (Wildman–Crippen LogP) is 2.05. The Labute approximate surface area is 180 Å². The van der Waals surface area contributed by atoms with E-state index >= 15 is 0 Å². The normalized spacial score (nSPS) is 30.2. The molecule has 0 radical (unpaired) electrons. The predicted molar refractivity (Wildman–Crippen MR) is 123 cm³/mol. The van der Waals surface area contributed by atoms with Crippen LogP contribution in [0.4, 0.5) is 0 Å². The van der Waals surface area contributed by atoms with Gasteiger partial charge in [-0.2, -0.15) is 0 Å². The zero-order valence-corrected chi connectivity index (χ0v) is 18.8. The fourth-order valence-corrected chi connectivity index (χ4v) is 6.10. The maximum Gasteiger partial charge on any atom is 0.104 e. The van der Waals surface area contributed by atoms with Gasteiger partial charge in [-0.15, -0.1) is 0 Å². The molecule has 0 bridgehead atoms. The van der Waals surface area contributed by atoms with Crippen LogP contribution in [-0.2, 0) is 17.8 Å². The summed E-state index contributed by atoms with van der Waals surface area (Å²) >= 11 is 0. The van der Waals surface area contributed by atoms with Gasteiger partial charge in [0.25, 0.3) is 0 Å². The van der Waals surface area contributed by atoms with Crippen molar-refractivity contribution >= 4 is 21.8 Å². The van der Waals surface area contributed by atoms with Crippen LogP contribution in [0.25, 0.3) is 21.8 Å². The van der Waals surface area contributed by atoms with Crippen molar-refractivity contribution in [2.24, 2.45) is 0 Å². The largest absolute Gasteiger partial charge is 0.364 e. The van der Waals surface area contributed by atoms with Gasteiger partial charge in [-0.25, -0.2) is 0 Å². The van der Waals surface area contributed by atoms with E-state index in [1.807, 2.05) is 0 Å². The number of hydrogen-bond acceptors (Lipinski definition) is 1. The Hall–Kier alpha value is -1.88. The Kier molecular flexibility index (Phi) is 5.57. The van der Waals surface area contributed by atoms with Gasteiger partial charge in [0.1, 0.15) is 31.8 Å². The quantitative estimate of drug-likeness (QED) is 0.679. The number of piperidine rings is 1. The van der Waals surface area contributed by atoms with E-state index in [0.29, 0.717) is 12.2 Å². The summed E-state index contributed by atoms with van der Waals surface area (Å²) in [6.45, 7) is 13.8. The van der Waals surface area contributed by atoms with Crippen LogP contribution >= 0.6 is 0 Å². The summed E-state index contributed by atoms with van der Waals surface area (Å²) < 4.78 is 8.40. The summed E-state index contributed by atoms with van der Waals surface area (Å²) in [6, 6.07) is 16.8. The van der Waals surface area contributed by atoms with Crippen molar-refractivity contribution in [3.8, 4) is 0 Å². The van der Waals surface area contributed by atoms with E-state index < -0.39 is 0 Å². The second-order valence-corrected chi connectivity index (χ2v) is 9.64. The van der Waals surface area contributed by atoms with Crippen molar-refractivity contribution < 1.29 is 14.5 Å². The number of hydrogen-bond donors (Lipinski definition) is 2. The number of benzene rings is 2. The van der Waals surface area contributed by atoms with Crippen LogP contribution in [0.15, 0.2) is 42.5 Å². The van der Waals surface area contributed by atoms with Gasteiger partial charge in [0.05, 0.1) is 19.1 Å². The number of morpholine rings is 1. The lowest BCUT2D eigenvalue weighted by molar-refractivity contribution is -0.970. The average molecular weight is 408 g/mol. The number of rotatable bonds is 4. The number of aryl methyl sites for hydroxylation is 1. The van der Waals surface area contributed by atoms with Crippen molar-refractivity contribution in [2.45, 2.75) is 65.0 Å². The van der Waals surface area contributed by atoms with E-state index in [1.54, 1.807) is 9.80 Å². The Morgan fingerprint density at radius 3 is 2.37 bits per heavy atom. The molecule has 3 aromatic rings. The standard InChI is InChI=1S/C26H35N3O/c1-4-29-25-8-6-5-7-23(25)24-15-21(9-10-26(24)29)18-27-13-11-22(12-14-27)28-16-19(2)30-20(3)17-28/h5-10,15,19-20,22H,4,11-14,16-18H2,1-3H3/p+2. The second-order valence-electron chi connectivity index (χ2n) is 9.64. The molecule has 2 fully saturated rings. The summed E-state index contributed by atoms with van der Waals surface area (Å²) in [6.07, 6.45) is 3.51. The molecule has 2 N–H and O–H groups in total. The van der Waals surface area contributed by atoms with E-state index in [2.05, 4.69) is 67.8 Å². The highest BCUT2D eigenvalue weighted by molar-refractivity contribution is 6.08. The molecule has 2 saturated heterocycles. The summed E-state index contributed by atoms with van der Waals surface area (Å²) in [4.78, 5) is 3.53. The monoisotopic (exact) mass is 407 g/mol. The zero-order chi connectivity index (χ0) is 20.7. The summed E-state index contributed by atoms with van der Waals surface area (Å²) in [5.41, 5.74) is 4.21. The smallest absolute Gasteiger partial charge is 0.104 e. The SMILES string of the molecule is CCn1c2ccccc2c2cc(C[NH+]3CCC([NH+]4CC(C)OC(C)C4)CC3)ccc21. The van der Waals surface area contributed by atoms with Crippen LogP contribution in [0.1, 0.15) is 39.2 Å². The minimum absolute atomic E-state index is 0.408. The average Bonchev–Trinajstić information content (AvgIpc) is 3.07. The lowest BCUT2D eigenvalue weighted by Crippen LogP contribution is -3.22. The lowest BCUT2D eigenvalue weighted by atomic mass is 10.0. The van der Waals surface area contributed by atoms with E-state index in [0.717, 1.165) is 19.1 Å². The van der Waals surface area contributed by atoms with Gasteiger partial charge < -0.3 is 19.1 Å². The van der Waals surface area contributed by atoms with Gasteiger partial charge in [0, 0.05) is 46.8 Å². The number of fused-ring (bicyclic) bond motifs is 3. The van der Waals surface area contributed by atoms with E-state index in [-0.39, 0.29) is 0 Å². The minimum Gasteiger partial charge on any atom is -0.364 e. The Morgan fingerprint density at radius 1 is 0.933 bits per heavy atom. The first-order chi connectivity index (χ1) is 14.6. The van der Waals surface area contributed by atoms with Gasteiger partial charge in [-0.05, 0) is 39.0 Å². The molecule has 2 unspecified atom stereocenters. The number of nitrogens with one attached hydrogen (secondary N) is 2. The molecular formula is C26H37N3O+2. The molecule has 4 heteroatoms. The van der Waals surface area contributed by atoms with Gasteiger partial charge in [-0.3, -0.25) is 0 Å². The van der Waals surface area contributed by atoms with Crippen LogP contribution in [0.5, 0.6) is 0 Å². The summed E-state index contributed by atoms with van der Waals surface area (Å²) in [5.74, 6) is 0. The van der Waals surface area contributed by atoms with Crippen LogP contribution in [0.2, 0.25) is 0 Å². The molecule has 3 heterocycles. The minimum atomic E-state index is 0.408. The Balaban J connectivity index is 1.28. The van der Waals surface area contributed by atoms with Crippen molar-refractivity contribution in [2.75, 3.05) is 26.2 Å². The number of quaternary nitrogens is 2. The van der Waals surface area contributed by atoms with E-state index in [9.17, 15) is 0 Å². The fourth-order valence-electron chi connectivity index (χ4n) is 6.10. The molecular weight excluding hydrogens is 370 g/mol. The number of ether oxygens (including phenoxy) is 1. The number of nitrogens with zero attached hydrogens (tertiary/aromatic N) is 1. The van der Waals surface area contributed by atoms with E-state index in [1.165, 1.54) is 66.4 Å². The maximum absolute atomic E-state index is 5.96. The van der Waals surface area contributed by atoms with Crippen LogP contribution < -0.4 is 9.80 Å². The van der Waals surface area contributed by atoms with Crippen molar-refractivity contribution in [1.82, 2.24) is 4.57 Å². The first kappa shape index (κ1) is 20.0. The number of aromatic nitrogens is 1. The van der Waals surface area contributed by atoms with Crippen LogP contribution in [0, 0.1) is 0 Å². The summed E-state index contributed by atoms with van der Waals surface area (Å²) in [7, 11) is 0. The lowest BCUT2D eigenvalue weighted by Gasteiger charge is -2.39. The molecule has 0 amide bonds. The molecule has 2 atom stereocenters. The molecule has 2 aliphatic rings. The molecule has 5 rings (SSSR count). The molecule has 2 aliphatic heterocycles. The molecule has 30 heavy (non-hydrogen) atoms. The first-order valence-corrected chi connectivity index (χ1v) is 12.0.